The molecule has 8 heteroatoms. The van der Waals surface area contributed by atoms with E-state index in [0.29, 0.717) is 21.8 Å². The van der Waals surface area contributed by atoms with Gasteiger partial charge in [-0.2, -0.15) is 5.10 Å². The number of ether oxygens (including phenoxy) is 1. The summed E-state index contributed by atoms with van der Waals surface area (Å²) >= 11 is 3.20. The second kappa shape index (κ2) is 6.33. The van der Waals surface area contributed by atoms with Crippen LogP contribution >= 0.6 is 15.9 Å². The van der Waals surface area contributed by atoms with Crippen LogP contribution in [-0.2, 0) is 10.3 Å². The zero-order valence-corrected chi connectivity index (χ0v) is 17.1. The lowest BCUT2D eigenvalue weighted by Crippen LogP contribution is -2.42. The molecule has 0 N–H and O–H groups in total. The number of hydrogen-bond acceptors (Lipinski definition) is 4. The topological polar surface area (TPSA) is 60.3 Å². The highest BCUT2D eigenvalue weighted by molar-refractivity contribution is 9.10. The minimum Gasteiger partial charge on any atom is -0.444 e. The number of carbonyl (C=O) groups is 1. The first-order valence-corrected chi connectivity index (χ1v) is 9.20. The molecule has 0 aliphatic heterocycles. The molecule has 1 fully saturated rings. The second-order valence-corrected chi connectivity index (χ2v) is 8.39. The fraction of sp³-hybridized carbons (Fsp3) is 0.500. The zero-order chi connectivity index (χ0) is 19.3. The van der Waals surface area contributed by atoms with E-state index in [9.17, 15) is 9.18 Å². The highest BCUT2D eigenvalue weighted by Gasteiger charge is 2.55. The van der Waals surface area contributed by atoms with Crippen LogP contribution in [0, 0.1) is 12.7 Å². The Labute approximate surface area is 160 Å². The number of rotatable bonds is 3. The quantitative estimate of drug-likeness (QED) is 0.735. The summed E-state index contributed by atoms with van der Waals surface area (Å²) < 4.78 is 22.0. The number of amides is 1. The van der Waals surface area contributed by atoms with Crippen LogP contribution in [0.5, 0.6) is 0 Å². The highest BCUT2D eigenvalue weighted by atomic mass is 79.9. The van der Waals surface area contributed by atoms with Gasteiger partial charge in [-0.05, 0) is 68.6 Å². The van der Waals surface area contributed by atoms with Crippen molar-refractivity contribution in [1.82, 2.24) is 19.7 Å². The normalized spacial score (nSPS) is 15.7. The van der Waals surface area contributed by atoms with E-state index in [0.717, 1.165) is 12.8 Å². The number of nitrogens with zero attached hydrogens (tertiary/aromatic N) is 4. The Bertz CT molecular complexity index is 855. The summed E-state index contributed by atoms with van der Waals surface area (Å²) in [7, 11) is 1.69. The van der Waals surface area contributed by atoms with Gasteiger partial charge in [0.05, 0.1) is 4.47 Å². The molecule has 1 aromatic heterocycles. The van der Waals surface area contributed by atoms with E-state index in [2.05, 4.69) is 26.0 Å². The second-order valence-electron chi connectivity index (χ2n) is 7.54. The van der Waals surface area contributed by atoms with Gasteiger partial charge in [0.2, 0.25) is 0 Å². The SMILES string of the molecule is Cc1nc(C2(N(C)C(=O)OC(C)(C)C)CC2)n(-c2cccc(Br)c2F)n1. The molecule has 0 atom stereocenters. The summed E-state index contributed by atoms with van der Waals surface area (Å²) in [6.07, 6.45) is 1.00. The summed E-state index contributed by atoms with van der Waals surface area (Å²) in [5.41, 5.74) is -0.946. The van der Waals surface area contributed by atoms with Crippen molar-refractivity contribution in [1.29, 1.82) is 0 Å². The van der Waals surface area contributed by atoms with E-state index in [1.165, 1.54) is 4.68 Å². The first-order chi connectivity index (χ1) is 12.0. The lowest BCUT2D eigenvalue weighted by molar-refractivity contribution is 0.0178. The average molecular weight is 425 g/mol. The molecule has 0 spiro atoms. The van der Waals surface area contributed by atoms with E-state index >= 15 is 0 Å². The maximum absolute atomic E-state index is 14.6. The average Bonchev–Trinajstić information content (AvgIpc) is 3.25. The van der Waals surface area contributed by atoms with E-state index < -0.39 is 23.1 Å². The Morgan fingerprint density at radius 3 is 2.62 bits per heavy atom. The first-order valence-electron chi connectivity index (χ1n) is 8.40. The van der Waals surface area contributed by atoms with E-state index in [4.69, 9.17) is 4.74 Å². The van der Waals surface area contributed by atoms with Crippen molar-refractivity contribution in [2.45, 2.75) is 51.7 Å². The molecule has 140 valence electrons. The van der Waals surface area contributed by atoms with Crippen LogP contribution in [0.15, 0.2) is 22.7 Å². The summed E-state index contributed by atoms with van der Waals surface area (Å²) in [5, 5.41) is 4.37. The van der Waals surface area contributed by atoms with Crippen LogP contribution in [-0.4, -0.2) is 38.4 Å². The van der Waals surface area contributed by atoms with Gasteiger partial charge in [0.25, 0.3) is 0 Å². The van der Waals surface area contributed by atoms with Gasteiger partial charge in [0, 0.05) is 7.05 Å². The lowest BCUT2D eigenvalue weighted by Gasteiger charge is -2.30. The lowest BCUT2D eigenvalue weighted by atomic mass is 10.2. The monoisotopic (exact) mass is 424 g/mol. The predicted molar refractivity (Wildman–Crippen MR) is 98.7 cm³/mol. The Morgan fingerprint density at radius 1 is 1.38 bits per heavy atom. The maximum atomic E-state index is 14.6. The van der Waals surface area contributed by atoms with Crippen LogP contribution in [0.3, 0.4) is 0 Å². The number of aromatic nitrogens is 3. The molecule has 2 aromatic rings. The van der Waals surface area contributed by atoms with Gasteiger partial charge >= 0.3 is 6.09 Å². The van der Waals surface area contributed by atoms with E-state index in [1.807, 2.05) is 20.8 Å². The molecule has 0 radical (unpaired) electrons. The molecule has 0 unspecified atom stereocenters. The molecule has 1 aliphatic rings. The highest BCUT2D eigenvalue weighted by Crippen LogP contribution is 2.50. The molecule has 1 saturated carbocycles. The van der Waals surface area contributed by atoms with Crippen LogP contribution in [0.25, 0.3) is 5.69 Å². The van der Waals surface area contributed by atoms with Gasteiger partial charge in [-0.3, -0.25) is 4.90 Å². The predicted octanol–water partition coefficient (Wildman–Crippen LogP) is 4.33. The van der Waals surface area contributed by atoms with Gasteiger partial charge in [0.1, 0.15) is 22.7 Å². The Kier molecular flexibility index (Phi) is 4.58. The van der Waals surface area contributed by atoms with Crippen LogP contribution in [0.4, 0.5) is 9.18 Å². The number of benzene rings is 1. The number of halogens is 2. The van der Waals surface area contributed by atoms with Gasteiger partial charge in [-0.1, -0.05) is 6.07 Å². The number of carbonyl (C=O) groups excluding carboxylic acids is 1. The molecule has 0 bridgehead atoms. The fourth-order valence-electron chi connectivity index (χ4n) is 2.87. The van der Waals surface area contributed by atoms with Crippen LogP contribution < -0.4 is 0 Å². The minimum absolute atomic E-state index is 0.291. The third kappa shape index (κ3) is 3.34. The number of hydrogen-bond donors (Lipinski definition) is 0. The fourth-order valence-corrected chi connectivity index (χ4v) is 3.23. The Morgan fingerprint density at radius 2 is 2.04 bits per heavy atom. The van der Waals surface area contributed by atoms with E-state index in [-0.39, 0.29) is 0 Å². The van der Waals surface area contributed by atoms with Crippen molar-refractivity contribution in [3.8, 4) is 5.69 Å². The molecule has 1 aliphatic carbocycles. The summed E-state index contributed by atoms with van der Waals surface area (Å²) in [4.78, 5) is 18.6. The van der Waals surface area contributed by atoms with Crippen molar-refractivity contribution in [3.63, 3.8) is 0 Å². The van der Waals surface area contributed by atoms with Gasteiger partial charge < -0.3 is 4.74 Å². The van der Waals surface area contributed by atoms with Crippen LogP contribution in [0.1, 0.15) is 45.3 Å². The molecule has 3 rings (SSSR count). The van der Waals surface area contributed by atoms with E-state index in [1.54, 1.807) is 37.1 Å². The molecular weight excluding hydrogens is 403 g/mol. The first kappa shape index (κ1) is 18.8. The standard InChI is InChI=1S/C18H22BrFN4O2/c1-11-21-15(24(22-11)13-8-6-7-12(19)14(13)20)18(9-10-18)23(5)16(25)26-17(2,3)4/h6-8H,9-10H2,1-5H3. The van der Waals surface area contributed by atoms with Crippen molar-refractivity contribution in [2.75, 3.05) is 7.05 Å². The van der Waals surface area contributed by atoms with Gasteiger partial charge in [-0.25, -0.2) is 18.9 Å². The molecule has 1 amide bonds. The largest absolute Gasteiger partial charge is 0.444 e. The van der Waals surface area contributed by atoms with Gasteiger partial charge in [-0.15, -0.1) is 0 Å². The third-order valence-corrected chi connectivity index (χ3v) is 4.93. The number of aryl methyl sites for hydroxylation is 1. The van der Waals surface area contributed by atoms with Crippen molar-refractivity contribution < 1.29 is 13.9 Å². The molecule has 1 heterocycles. The zero-order valence-electron chi connectivity index (χ0n) is 15.5. The molecule has 1 aromatic carbocycles. The molecule has 26 heavy (non-hydrogen) atoms. The van der Waals surface area contributed by atoms with Crippen LogP contribution in [0.2, 0.25) is 0 Å². The minimum atomic E-state index is -0.641. The van der Waals surface area contributed by atoms with Crippen molar-refractivity contribution in [3.05, 3.63) is 40.1 Å². The molecule has 0 saturated heterocycles. The Balaban J connectivity index is 2.02. The smallest absolute Gasteiger partial charge is 0.410 e. The third-order valence-electron chi connectivity index (χ3n) is 4.32. The molecular formula is C18H22BrFN4O2. The summed E-state index contributed by atoms with van der Waals surface area (Å²) in [6, 6.07) is 5.00. The Hall–Kier alpha value is -1.96. The summed E-state index contributed by atoms with van der Waals surface area (Å²) in [5.74, 6) is 0.637. The van der Waals surface area contributed by atoms with Crippen molar-refractivity contribution in [2.24, 2.45) is 0 Å². The maximum Gasteiger partial charge on any atom is 0.410 e. The molecule has 6 nitrogen and oxygen atoms in total. The van der Waals surface area contributed by atoms with Crippen molar-refractivity contribution >= 4 is 22.0 Å². The van der Waals surface area contributed by atoms with Gasteiger partial charge in [0.15, 0.2) is 11.6 Å². The summed E-state index contributed by atoms with van der Waals surface area (Å²) in [6.45, 7) is 7.21.